The maximum atomic E-state index is 13.1. The van der Waals surface area contributed by atoms with Gasteiger partial charge in [0, 0.05) is 16.8 Å². The largest absolute Gasteiger partial charge is 0.493 e. The van der Waals surface area contributed by atoms with Crippen LogP contribution in [0.3, 0.4) is 0 Å². The van der Waals surface area contributed by atoms with Gasteiger partial charge >= 0.3 is 0 Å². The smallest absolute Gasteiger partial charge is 0.252 e. The van der Waals surface area contributed by atoms with Crippen LogP contribution in [0.4, 0.5) is 0 Å². The van der Waals surface area contributed by atoms with Crippen LogP contribution in [0.5, 0.6) is 11.5 Å². The van der Waals surface area contributed by atoms with Gasteiger partial charge < -0.3 is 14.8 Å². The van der Waals surface area contributed by atoms with Gasteiger partial charge in [-0.1, -0.05) is 24.3 Å². The summed E-state index contributed by atoms with van der Waals surface area (Å²) in [5, 5.41) is 3.90. The molecule has 4 aromatic rings. The Kier molecular flexibility index (Phi) is 6.18. The molecule has 0 spiro atoms. The molecule has 0 bridgehead atoms. The normalized spacial score (nSPS) is 10.8. The molecule has 0 radical (unpaired) electrons. The summed E-state index contributed by atoms with van der Waals surface area (Å²) in [6.07, 6.45) is 0.687. The lowest BCUT2D eigenvalue weighted by atomic mass is 10.1. The maximum Gasteiger partial charge on any atom is 0.252 e. The predicted octanol–water partition coefficient (Wildman–Crippen LogP) is 5.26. The van der Waals surface area contributed by atoms with Gasteiger partial charge in [-0.3, -0.25) is 4.79 Å². The summed E-state index contributed by atoms with van der Waals surface area (Å²) in [7, 11) is 3.23. The van der Waals surface area contributed by atoms with Crippen molar-refractivity contribution in [3.05, 3.63) is 76.7 Å². The Balaban J connectivity index is 1.55. The molecule has 0 aliphatic heterocycles. The number of nitrogens with zero attached hydrogens (tertiary/aromatic N) is 1. The summed E-state index contributed by atoms with van der Waals surface area (Å²) >= 11 is 1.68. The molecule has 1 amide bonds. The molecule has 0 aliphatic rings. The third-order valence-corrected chi connectivity index (χ3v) is 6.12. The van der Waals surface area contributed by atoms with Gasteiger partial charge in [0.2, 0.25) is 0 Å². The van der Waals surface area contributed by atoms with E-state index in [1.807, 2.05) is 48.5 Å². The molecule has 6 heteroatoms. The first-order chi connectivity index (χ1) is 15.1. The number of aryl methyl sites for hydroxylation is 1. The molecule has 0 saturated carbocycles. The second-order valence-electron chi connectivity index (χ2n) is 7.18. The van der Waals surface area contributed by atoms with Crippen LogP contribution in [0.1, 0.15) is 20.8 Å². The Labute approximate surface area is 185 Å². The minimum atomic E-state index is -0.103. The number of hydrogen-bond acceptors (Lipinski definition) is 5. The second-order valence-corrected chi connectivity index (χ2v) is 8.47. The summed E-state index contributed by atoms with van der Waals surface area (Å²) in [4.78, 5) is 20.1. The molecule has 2 heterocycles. The highest BCUT2D eigenvalue weighted by molar-refractivity contribution is 7.15. The average Bonchev–Trinajstić information content (AvgIpc) is 3.24. The second kappa shape index (κ2) is 9.18. The number of nitrogens with one attached hydrogen (secondary N) is 1. The van der Waals surface area contributed by atoms with E-state index in [0.29, 0.717) is 30.0 Å². The molecule has 2 aromatic carbocycles. The molecule has 2 aromatic heterocycles. The third-order valence-electron chi connectivity index (χ3n) is 5.10. The summed E-state index contributed by atoms with van der Waals surface area (Å²) in [5.74, 6) is 1.27. The number of rotatable bonds is 7. The van der Waals surface area contributed by atoms with Crippen LogP contribution in [0.2, 0.25) is 0 Å². The number of hydrogen-bond donors (Lipinski definition) is 1. The fraction of sp³-hybridized carbons (Fsp3) is 0.200. The number of carbonyl (C=O) groups excluding carboxylic acids is 1. The molecule has 0 fully saturated rings. The van der Waals surface area contributed by atoms with Crippen molar-refractivity contribution in [1.29, 1.82) is 0 Å². The van der Waals surface area contributed by atoms with E-state index in [2.05, 4.69) is 24.4 Å². The van der Waals surface area contributed by atoms with Crippen LogP contribution in [-0.4, -0.2) is 31.7 Å². The van der Waals surface area contributed by atoms with Gasteiger partial charge in [0.05, 0.1) is 35.9 Å². The van der Waals surface area contributed by atoms with Gasteiger partial charge in [0.15, 0.2) is 11.5 Å². The first-order valence-corrected chi connectivity index (χ1v) is 10.9. The molecule has 0 unspecified atom stereocenters. The zero-order chi connectivity index (χ0) is 21.8. The van der Waals surface area contributed by atoms with Crippen LogP contribution in [0.25, 0.3) is 21.5 Å². The first-order valence-electron chi connectivity index (χ1n) is 10.0. The van der Waals surface area contributed by atoms with Crippen molar-refractivity contribution in [3.8, 4) is 22.1 Å². The molecule has 1 N–H and O–H groups in total. The lowest BCUT2D eigenvalue weighted by molar-refractivity contribution is 0.0955. The minimum absolute atomic E-state index is 0.103. The molecule has 0 saturated heterocycles. The Morgan fingerprint density at radius 2 is 1.81 bits per heavy atom. The van der Waals surface area contributed by atoms with Gasteiger partial charge in [-0.15, -0.1) is 11.3 Å². The van der Waals surface area contributed by atoms with E-state index < -0.39 is 0 Å². The van der Waals surface area contributed by atoms with Crippen molar-refractivity contribution in [3.63, 3.8) is 0 Å². The van der Waals surface area contributed by atoms with Crippen molar-refractivity contribution in [1.82, 2.24) is 10.3 Å². The summed E-state index contributed by atoms with van der Waals surface area (Å²) in [5.41, 5.74) is 3.34. The molecule has 0 aliphatic carbocycles. The van der Waals surface area contributed by atoms with Crippen molar-refractivity contribution in [2.75, 3.05) is 20.8 Å². The number of ether oxygens (including phenoxy) is 2. The van der Waals surface area contributed by atoms with Crippen LogP contribution in [-0.2, 0) is 6.42 Å². The number of benzene rings is 2. The zero-order valence-electron chi connectivity index (χ0n) is 17.8. The molecule has 31 heavy (non-hydrogen) atoms. The Bertz CT molecular complexity index is 1230. The van der Waals surface area contributed by atoms with E-state index in [1.54, 1.807) is 25.6 Å². The molecular formula is C25H24N2O3S. The number of pyridine rings is 1. The topological polar surface area (TPSA) is 60.5 Å². The lowest BCUT2D eigenvalue weighted by Crippen LogP contribution is -2.26. The van der Waals surface area contributed by atoms with Crippen molar-refractivity contribution in [2.24, 2.45) is 0 Å². The zero-order valence-corrected chi connectivity index (χ0v) is 18.6. The van der Waals surface area contributed by atoms with Crippen LogP contribution in [0.15, 0.2) is 60.7 Å². The van der Waals surface area contributed by atoms with E-state index in [0.717, 1.165) is 27.0 Å². The molecule has 5 nitrogen and oxygen atoms in total. The first kappa shape index (κ1) is 20.9. The fourth-order valence-electron chi connectivity index (χ4n) is 3.51. The Morgan fingerprint density at radius 1 is 1.00 bits per heavy atom. The summed E-state index contributed by atoms with van der Waals surface area (Å²) in [6, 6.07) is 19.6. The van der Waals surface area contributed by atoms with Gasteiger partial charge in [-0.05, 0) is 55.3 Å². The number of methoxy groups -OCH3 is 2. The Morgan fingerprint density at radius 3 is 2.55 bits per heavy atom. The van der Waals surface area contributed by atoms with Crippen LogP contribution < -0.4 is 14.8 Å². The highest BCUT2D eigenvalue weighted by Gasteiger charge is 2.14. The molecule has 0 atom stereocenters. The molecular weight excluding hydrogens is 408 g/mol. The minimum Gasteiger partial charge on any atom is -0.493 e. The van der Waals surface area contributed by atoms with E-state index in [9.17, 15) is 4.79 Å². The molecule has 4 rings (SSSR count). The van der Waals surface area contributed by atoms with Crippen molar-refractivity contribution >= 4 is 28.1 Å². The third kappa shape index (κ3) is 4.54. The summed E-state index contributed by atoms with van der Waals surface area (Å²) in [6.45, 7) is 2.58. The number of aromatic nitrogens is 1. The van der Waals surface area contributed by atoms with Crippen molar-refractivity contribution in [2.45, 2.75) is 13.3 Å². The average molecular weight is 433 g/mol. The van der Waals surface area contributed by atoms with E-state index in [1.165, 1.54) is 4.88 Å². The fourth-order valence-corrected chi connectivity index (χ4v) is 4.34. The number of fused-ring (bicyclic) bond motifs is 1. The highest BCUT2D eigenvalue weighted by Crippen LogP contribution is 2.30. The maximum absolute atomic E-state index is 13.1. The molecule has 158 valence electrons. The van der Waals surface area contributed by atoms with Gasteiger partial charge in [-0.25, -0.2) is 4.98 Å². The number of amides is 1. The van der Waals surface area contributed by atoms with Crippen LogP contribution in [0, 0.1) is 6.92 Å². The predicted molar refractivity (Wildman–Crippen MR) is 125 cm³/mol. The Hall–Kier alpha value is -3.38. The SMILES string of the molecule is COc1ccc(CCNC(=O)c2cc(-c3ccc(C)s3)nc3ccccc23)cc1OC. The van der Waals surface area contributed by atoms with E-state index in [-0.39, 0.29) is 5.91 Å². The van der Waals surface area contributed by atoms with Gasteiger partial charge in [-0.2, -0.15) is 0 Å². The lowest BCUT2D eigenvalue weighted by Gasteiger charge is -2.11. The number of para-hydroxylation sites is 1. The van der Waals surface area contributed by atoms with Gasteiger partial charge in [0.1, 0.15) is 0 Å². The number of thiophene rings is 1. The van der Waals surface area contributed by atoms with Crippen molar-refractivity contribution < 1.29 is 14.3 Å². The van der Waals surface area contributed by atoms with E-state index >= 15 is 0 Å². The van der Waals surface area contributed by atoms with Crippen LogP contribution >= 0.6 is 11.3 Å². The highest BCUT2D eigenvalue weighted by atomic mass is 32.1. The monoisotopic (exact) mass is 432 g/mol. The van der Waals surface area contributed by atoms with E-state index in [4.69, 9.17) is 14.5 Å². The van der Waals surface area contributed by atoms with Gasteiger partial charge in [0.25, 0.3) is 5.91 Å². The summed E-state index contributed by atoms with van der Waals surface area (Å²) < 4.78 is 10.6. The standard InChI is InChI=1S/C25H24N2O3S/c1-16-8-11-24(31-16)21-15-19(18-6-4-5-7-20(18)27-21)25(28)26-13-12-17-9-10-22(29-2)23(14-17)30-3/h4-11,14-15H,12-13H2,1-3H3,(H,26,28). The quantitative estimate of drug-likeness (QED) is 0.433. The number of carbonyl (C=O) groups is 1.